The summed E-state index contributed by atoms with van der Waals surface area (Å²) in [5, 5.41) is 15.1. The number of carbonyl (C=O) groups is 1. The molecule has 0 aliphatic heterocycles. The monoisotopic (exact) mass is 569 g/mol. The van der Waals surface area contributed by atoms with Crippen molar-refractivity contribution in [1.29, 1.82) is 0 Å². The summed E-state index contributed by atoms with van der Waals surface area (Å²) in [7, 11) is 0. The van der Waals surface area contributed by atoms with Crippen molar-refractivity contribution in [3.63, 3.8) is 0 Å². The van der Waals surface area contributed by atoms with Gasteiger partial charge in [0.1, 0.15) is 0 Å². The lowest BCUT2D eigenvalue weighted by molar-refractivity contribution is 0.0697. The number of aromatic amines is 2. The van der Waals surface area contributed by atoms with E-state index < -0.39 is 23.1 Å². The van der Waals surface area contributed by atoms with Crippen LogP contribution in [-0.2, 0) is 6.42 Å². The van der Waals surface area contributed by atoms with Gasteiger partial charge in [-0.1, -0.05) is 42.5 Å². The van der Waals surface area contributed by atoms with Crippen LogP contribution in [-0.4, -0.2) is 39.2 Å². The number of nitrogens with zero attached hydrogens (tertiary/aromatic N) is 1. The molecule has 0 saturated heterocycles. The van der Waals surface area contributed by atoms with E-state index in [4.69, 9.17) is 14.0 Å². The van der Waals surface area contributed by atoms with Crippen LogP contribution in [0.4, 0.5) is 0 Å². The van der Waals surface area contributed by atoms with E-state index in [9.17, 15) is 19.5 Å². The fraction of sp³-hybridized carbons (Fsp3) is 0.219. The Morgan fingerprint density at radius 3 is 2.40 bits per heavy atom. The van der Waals surface area contributed by atoms with E-state index in [0.717, 1.165) is 5.56 Å². The second-order valence-electron chi connectivity index (χ2n) is 9.83. The molecule has 10 heteroatoms. The molecule has 10 nitrogen and oxygen atoms in total. The van der Waals surface area contributed by atoms with Crippen LogP contribution in [0.1, 0.15) is 56.8 Å². The molecule has 0 radical (unpaired) electrons. The normalized spacial score (nSPS) is 11.8. The predicted molar refractivity (Wildman–Crippen MR) is 156 cm³/mol. The van der Waals surface area contributed by atoms with Gasteiger partial charge in [0.25, 0.3) is 5.56 Å². The first kappa shape index (κ1) is 28.3. The van der Waals surface area contributed by atoms with Crippen molar-refractivity contribution in [2.24, 2.45) is 0 Å². The maximum absolute atomic E-state index is 13.9. The fourth-order valence-corrected chi connectivity index (χ4v) is 5.07. The molecule has 3 aromatic carbocycles. The zero-order chi connectivity index (χ0) is 29.8. The van der Waals surface area contributed by atoms with Gasteiger partial charge in [-0.15, -0.1) is 0 Å². The average molecular weight is 570 g/mol. The highest BCUT2D eigenvalue weighted by molar-refractivity contribution is 5.88. The number of ether oxygens (including phenoxy) is 2. The highest BCUT2D eigenvalue weighted by Crippen LogP contribution is 2.37. The zero-order valence-corrected chi connectivity index (χ0v) is 23.5. The summed E-state index contributed by atoms with van der Waals surface area (Å²) in [5.74, 6) is -0.908. The molecule has 1 atom stereocenters. The van der Waals surface area contributed by atoms with Crippen LogP contribution in [0.5, 0.6) is 11.5 Å². The van der Waals surface area contributed by atoms with Crippen LogP contribution in [0.3, 0.4) is 0 Å². The fourth-order valence-electron chi connectivity index (χ4n) is 5.07. The molecule has 5 rings (SSSR count). The van der Waals surface area contributed by atoms with E-state index in [1.54, 1.807) is 44.2 Å². The Bertz CT molecular complexity index is 1830. The molecule has 0 spiro atoms. The van der Waals surface area contributed by atoms with Gasteiger partial charge < -0.3 is 19.1 Å². The summed E-state index contributed by atoms with van der Waals surface area (Å²) in [5.41, 5.74) is 2.70. The number of nitrogens with one attached hydrogen (secondary N) is 2. The van der Waals surface area contributed by atoms with Gasteiger partial charge in [0.2, 0.25) is 0 Å². The Labute approximate surface area is 241 Å². The number of hydrogen-bond donors (Lipinski definition) is 3. The third kappa shape index (κ3) is 5.64. The number of H-pyrrole nitrogens is 2. The van der Waals surface area contributed by atoms with Crippen molar-refractivity contribution in [3.05, 3.63) is 133 Å². The maximum atomic E-state index is 13.9. The van der Waals surface area contributed by atoms with Crippen LogP contribution in [0.15, 0.2) is 86.9 Å². The number of aromatic carboxylic acids is 1. The summed E-state index contributed by atoms with van der Waals surface area (Å²) in [6.07, 6.45) is 0.714. The quantitative estimate of drug-likeness (QED) is 0.204. The Morgan fingerprint density at radius 2 is 1.71 bits per heavy atom. The number of carboxylic acids is 1. The third-order valence-electron chi connectivity index (χ3n) is 7.06. The topological polar surface area (TPSA) is 140 Å². The molecule has 0 saturated carbocycles. The standard InChI is InChI=1S/C32H31N3O7/c1-4-40-26-18-22(13-14-25(26)41-16-15-21-9-6-5-7-10-21)29(28-20(3)34-42-32(28)39)27-19(2)33-35(30(27)36)24-12-8-11-23(17-24)31(37)38/h5-14,17-18,29,33-34H,4,15-16H2,1-3H3,(H,37,38). The molecular formula is C32H31N3O7. The number of aryl methyl sites for hydroxylation is 2. The maximum Gasteiger partial charge on any atom is 0.361 e. The van der Waals surface area contributed by atoms with Gasteiger partial charge in [0.15, 0.2) is 11.5 Å². The molecular weight excluding hydrogens is 538 g/mol. The number of aromatic nitrogens is 3. The van der Waals surface area contributed by atoms with Crippen LogP contribution < -0.4 is 20.7 Å². The summed E-state index contributed by atoms with van der Waals surface area (Å²) in [6.45, 7) is 6.11. The Balaban J connectivity index is 1.59. The first-order chi connectivity index (χ1) is 20.3. The number of benzene rings is 3. The van der Waals surface area contributed by atoms with Crippen LogP contribution in [0.2, 0.25) is 0 Å². The molecule has 0 aliphatic carbocycles. The van der Waals surface area contributed by atoms with Gasteiger partial charge >= 0.3 is 11.6 Å². The van der Waals surface area contributed by atoms with E-state index in [1.807, 2.05) is 37.3 Å². The van der Waals surface area contributed by atoms with Crippen LogP contribution in [0, 0.1) is 13.8 Å². The number of rotatable bonds is 11. The van der Waals surface area contributed by atoms with Crippen molar-refractivity contribution in [2.45, 2.75) is 33.1 Å². The lowest BCUT2D eigenvalue weighted by Gasteiger charge is -2.18. The minimum absolute atomic E-state index is 0.0380. The zero-order valence-electron chi connectivity index (χ0n) is 23.5. The Kier molecular flexibility index (Phi) is 8.14. The van der Waals surface area contributed by atoms with E-state index in [0.29, 0.717) is 59.3 Å². The molecule has 5 aromatic rings. The first-order valence-corrected chi connectivity index (χ1v) is 13.5. The van der Waals surface area contributed by atoms with Gasteiger partial charge in [-0.05, 0) is 62.2 Å². The van der Waals surface area contributed by atoms with Crippen molar-refractivity contribution in [1.82, 2.24) is 14.9 Å². The molecule has 216 valence electrons. The van der Waals surface area contributed by atoms with E-state index in [-0.39, 0.29) is 11.1 Å². The molecule has 42 heavy (non-hydrogen) atoms. The SMILES string of the molecule is CCOc1cc(C(c2c(C)[nH]oc2=O)c2c(C)[nH]n(-c3cccc(C(=O)O)c3)c2=O)ccc1OCCc1ccccc1. The van der Waals surface area contributed by atoms with Crippen molar-refractivity contribution in [2.75, 3.05) is 13.2 Å². The highest BCUT2D eigenvalue weighted by atomic mass is 16.5. The average Bonchev–Trinajstić information content (AvgIpc) is 3.48. The largest absolute Gasteiger partial charge is 0.490 e. The van der Waals surface area contributed by atoms with Crippen LogP contribution in [0.25, 0.3) is 5.69 Å². The number of hydrogen-bond acceptors (Lipinski definition) is 6. The second-order valence-corrected chi connectivity index (χ2v) is 9.83. The van der Waals surface area contributed by atoms with Gasteiger partial charge in [0.05, 0.1) is 47.2 Å². The summed E-state index contributed by atoms with van der Waals surface area (Å²) >= 11 is 0. The van der Waals surface area contributed by atoms with E-state index in [2.05, 4.69) is 10.3 Å². The molecule has 3 N–H and O–H groups in total. The second kappa shape index (κ2) is 12.1. The lowest BCUT2D eigenvalue weighted by atomic mass is 9.85. The molecule has 2 aromatic heterocycles. The summed E-state index contributed by atoms with van der Waals surface area (Å²) in [4.78, 5) is 38.5. The minimum atomic E-state index is -1.11. The van der Waals surface area contributed by atoms with Crippen molar-refractivity contribution in [3.8, 4) is 17.2 Å². The van der Waals surface area contributed by atoms with Gasteiger partial charge in [-0.2, -0.15) is 0 Å². The third-order valence-corrected chi connectivity index (χ3v) is 7.06. The molecule has 0 aliphatic rings. The van der Waals surface area contributed by atoms with Gasteiger partial charge in [-0.25, -0.2) is 19.4 Å². The molecule has 0 amide bonds. The Morgan fingerprint density at radius 1 is 0.929 bits per heavy atom. The number of carboxylic acid groups (broad SMARTS) is 1. The highest BCUT2D eigenvalue weighted by Gasteiger charge is 2.31. The summed E-state index contributed by atoms with van der Waals surface area (Å²) in [6, 6.07) is 21.4. The summed E-state index contributed by atoms with van der Waals surface area (Å²) < 4.78 is 18.4. The van der Waals surface area contributed by atoms with Crippen molar-refractivity contribution >= 4 is 5.97 Å². The Hall–Kier alpha value is -5.25. The van der Waals surface area contributed by atoms with Gasteiger partial charge in [-0.3, -0.25) is 9.89 Å². The molecule has 2 heterocycles. The van der Waals surface area contributed by atoms with Crippen molar-refractivity contribution < 1.29 is 23.9 Å². The van der Waals surface area contributed by atoms with E-state index >= 15 is 0 Å². The molecule has 1 unspecified atom stereocenters. The van der Waals surface area contributed by atoms with Crippen LogP contribution >= 0.6 is 0 Å². The lowest BCUT2D eigenvalue weighted by Crippen LogP contribution is -2.23. The molecule has 0 bridgehead atoms. The first-order valence-electron chi connectivity index (χ1n) is 13.5. The predicted octanol–water partition coefficient (Wildman–Crippen LogP) is 4.96. The molecule has 0 fully saturated rings. The minimum Gasteiger partial charge on any atom is -0.490 e. The smallest absolute Gasteiger partial charge is 0.361 e. The van der Waals surface area contributed by atoms with E-state index in [1.165, 1.54) is 16.8 Å². The van der Waals surface area contributed by atoms with Gasteiger partial charge in [0, 0.05) is 12.1 Å².